The van der Waals surface area contributed by atoms with Crippen molar-refractivity contribution in [2.24, 2.45) is 0 Å². The van der Waals surface area contributed by atoms with Gasteiger partial charge in [-0.2, -0.15) is 0 Å². The van der Waals surface area contributed by atoms with E-state index in [1.807, 2.05) is 51.1 Å². The molecule has 0 aliphatic carbocycles. The van der Waals surface area contributed by atoms with Gasteiger partial charge in [0, 0.05) is 11.8 Å². The molecule has 0 aliphatic heterocycles. The Morgan fingerprint density at radius 1 is 1.22 bits per heavy atom. The van der Waals surface area contributed by atoms with Gasteiger partial charge in [-0.15, -0.1) is 0 Å². The molecule has 0 spiro atoms. The molecule has 1 rings (SSSR count). The van der Waals surface area contributed by atoms with E-state index >= 15 is 0 Å². The highest BCUT2D eigenvalue weighted by Crippen LogP contribution is 2.26. The number of benzene rings is 1. The summed E-state index contributed by atoms with van der Waals surface area (Å²) in [4.78, 5) is 0.198. The zero-order valence-electron chi connectivity index (χ0n) is 11.4. The normalized spacial score (nSPS) is 14.2. The second-order valence-electron chi connectivity index (χ2n) is 5.48. The Hall–Kier alpha value is -1.13. The summed E-state index contributed by atoms with van der Waals surface area (Å²) in [6.07, 6.45) is 1.19. The molecule has 1 aromatic carbocycles. The fourth-order valence-corrected chi connectivity index (χ4v) is 2.27. The smallest absolute Gasteiger partial charge is 0.173 e. The minimum atomic E-state index is -3.28. The maximum atomic E-state index is 11.7. The first-order valence-electron chi connectivity index (χ1n) is 5.83. The van der Waals surface area contributed by atoms with Crippen LogP contribution in [0.2, 0.25) is 0 Å². The van der Waals surface area contributed by atoms with Crippen molar-refractivity contribution in [1.29, 1.82) is 0 Å². The summed E-state index contributed by atoms with van der Waals surface area (Å²) in [5.74, 6) is 0. The fourth-order valence-electron chi connectivity index (χ4n) is 1.64. The lowest BCUT2D eigenvalue weighted by molar-refractivity contribution is 0.393. The molecule has 0 aromatic heterocycles. The van der Waals surface area contributed by atoms with Crippen LogP contribution in [0.3, 0.4) is 0 Å². The molecule has 4 heteroatoms. The van der Waals surface area contributed by atoms with Crippen LogP contribution < -0.4 is 5.32 Å². The summed E-state index contributed by atoms with van der Waals surface area (Å²) in [6, 6.07) is 9.10. The van der Waals surface area contributed by atoms with E-state index in [1.165, 1.54) is 6.26 Å². The Morgan fingerprint density at radius 2 is 1.72 bits per heavy atom. The zero-order chi connectivity index (χ0) is 14.0. The van der Waals surface area contributed by atoms with Crippen molar-refractivity contribution in [3.8, 4) is 0 Å². The topological polar surface area (TPSA) is 46.2 Å². The minimum absolute atomic E-state index is 0.198. The Labute approximate surface area is 110 Å². The molecular formula is C14H21NO2S. The van der Waals surface area contributed by atoms with Crippen molar-refractivity contribution < 1.29 is 8.42 Å². The van der Waals surface area contributed by atoms with Crippen LogP contribution >= 0.6 is 0 Å². The van der Waals surface area contributed by atoms with Gasteiger partial charge in [0.15, 0.2) is 9.84 Å². The van der Waals surface area contributed by atoms with E-state index in [1.54, 1.807) is 0 Å². The Balaban J connectivity index is 3.16. The summed E-state index contributed by atoms with van der Waals surface area (Å²) >= 11 is 0. The van der Waals surface area contributed by atoms with E-state index in [0.29, 0.717) is 0 Å². The van der Waals surface area contributed by atoms with Crippen molar-refractivity contribution >= 4 is 9.84 Å². The van der Waals surface area contributed by atoms with Gasteiger partial charge in [0.05, 0.1) is 10.9 Å². The molecule has 0 saturated carbocycles. The van der Waals surface area contributed by atoms with E-state index in [-0.39, 0.29) is 16.5 Å². The van der Waals surface area contributed by atoms with Gasteiger partial charge in [-0.05, 0) is 26.3 Å². The standard InChI is InChI=1S/C14H21NO2S/c1-11(18(5,16)17)13(15-14(2,3)4)12-9-7-6-8-10-12/h6-10,13,15H,1H2,2-5H3. The third-order valence-corrected chi connectivity index (χ3v) is 3.70. The van der Waals surface area contributed by atoms with Gasteiger partial charge in [-0.3, -0.25) is 0 Å². The Kier molecular flexibility index (Phi) is 4.35. The highest BCUT2D eigenvalue weighted by Gasteiger charge is 2.26. The first kappa shape index (κ1) is 14.9. The van der Waals surface area contributed by atoms with Crippen LogP contribution in [0.15, 0.2) is 41.8 Å². The molecule has 1 atom stereocenters. The second kappa shape index (κ2) is 5.24. The van der Waals surface area contributed by atoms with Crippen LogP contribution in [0, 0.1) is 0 Å². The third-order valence-electron chi connectivity index (χ3n) is 2.51. The van der Waals surface area contributed by atoms with Crippen LogP contribution in [0.4, 0.5) is 0 Å². The van der Waals surface area contributed by atoms with Gasteiger partial charge >= 0.3 is 0 Å². The highest BCUT2D eigenvalue weighted by molar-refractivity contribution is 7.94. The number of sulfone groups is 1. The predicted octanol–water partition coefficient (Wildman–Crippen LogP) is 2.67. The van der Waals surface area contributed by atoms with Gasteiger partial charge in [0.25, 0.3) is 0 Å². The number of hydrogen-bond donors (Lipinski definition) is 1. The number of nitrogens with one attached hydrogen (secondary N) is 1. The summed E-state index contributed by atoms with van der Waals surface area (Å²) in [6.45, 7) is 9.73. The predicted molar refractivity (Wildman–Crippen MR) is 76.1 cm³/mol. The van der Waals surface area contributed by atoms with Crippen LogP contribution in [-0.4, -0.2) is 20.2 Å². The lowest BCUT2D eigenvalue weighted by Gasteiger charge is -2.29. The molecule has 0 radical (unpaired) electrons. The molecule has 1 aromatic rings. The molecule has 0 bridgehead atoms. The highest BCUT2D eigenvalue weighted by atomic mass is 32.2. The molecule has 0 amide bonds. The summed E-state index contributed by atoms with van der Waals surface area (Å²) in [5, 5.41) is 3.30. The van der Waals surface area contributed by atoms with E-state index in [0.717, 1.165) is 5.56 Å². The zero-order valence-corrected chi connectivity index (χ0v) is 12.2. The first-order valence-corrected chi connectivity index (χ1v) is 7.72. The van der Waals surface area contributed by atoms with Crippen LogP contribution in [0.1, 0.15) is 32.4 Å². The SMILES string of the molecule is C=C(C(NC(C)(C)C)c1ccccc1)S(C)(=O)=O. The molecule has 1 N–H and O–H groups in total. The molecule has 0 heterocycles. The molecule has 1 unspecified atom stereocenters. The van der Waals surface area contributed by atoms with E-state index in [9.17, 15) is 8.42 Å². The van der Waals surface area contributed by atoms with Gasteiger partial charge < -0.3 is 5.32 Å². The molecule has 0 fully saturated rings. The molecule has 0 saturated heterocycles. The third kappa shape index (κ3) is 4.27. The van der Waals surface area contributed by atoms with E-state index in [4.69, 9.17) is 0 Å². The molecule has 100 valence electrons. The maximum absolute atomic E-state index is 11.7. The van der Waals surface area contributed by atoms with Crippen molar-refractivity contribution in [2.75, 3.05) is 6.26 Å². The van der Waals surface area contributed by atoms with Crippen LogP contribution in [-0.2, 0) is 9.84 Å². The molecular weight excluding hydrogens is 246 g/mol. The van der Waals surface area contributed by atoms with Crippen molar-refractivity contribution in [3.05, 3.63) is 47.4 Å². The molecule has 18 heavy (non-hydrogen) atoms. The molecule has 3 nitrogen and oxygen atoms in total. The summed E-state index contributed by atoms with van der Waals surface area (Å²) in [5.41, 5.74) is 0.705. The molecule has 0 aliphatic rings. The average Bonchev–Trinajstić information content (AvgIpc) is 2.24. The van der Waals surface area contributed by atoms with Gasteiger partial charge in [-0.25, -0.2) is 8.42 Å². The van der Waals surface area contributed by atoms with Gasteiger partial charge in [0.2, 0.25) is 0 Å². The minimum Gasteiger partial charge on any atom is -0.301 e. The maximum Gasteiger partial charge on any atom is 0.173 e. The van der Waals surface area contributed by atoms with E-state index < -0.39 is 9.84 Å². The lowest BCUT2D eigenvalue weighted by Crippen LogP contribution is -2.40. The Bertz CT molecular complexity index is 512. The second-order valence-corrected chi connectivity index (χ2v) is 7.55. The van der Waals surface area contributed by atoms with Gasteiger partial charge in [-0.1, -0.05) is 36.9 Å². The van der Waals surface area contributed by atoms with Gasteiger partial charge in [0.1, 0.15) is 0 Å². The van der Waals surface area contributed by atoms with Crippen LogP contribution in [0.5, 0.6) is 0 Å². The quantitative estimate of drug-likeness (QED) is 0.912. The lowest BCUT2D eigenvalue weighted by atomic mass is 10.0. The Morgan fingerprint density at radius 3 is 2.11 bits per heavy atom. The largest absolute Gasteiger partial charge is 0.301 e. The van der Waals surface area contributed by atoms with Crippen LogP contribution in [0.25, 0.3) is 0 Å². The first-order chi connectivity index (χ1) is 8.11. The van der Waals surface area contributed by atoms with E-state index in [2.05, 4.69) is 11.9 Å². The summed E-state index contributed by atoms with van der Waals surface area (Å²) < 4.78 is 23.4. The van der Waals surface area contributed by atoms with Crippen molar-refractivity contribution in [2.45, 2.75) is 32.4 Å². The number of hydrogen-bond acceptors (Lipinski definition) is 3. The van der Waals surface area contributed by atoms with Crippen molar-refractivity contribution in [3.63, 3.8) is 0 Å². The summed E-state index contributed by atoms with van der Waals surface area (Å²) in [7, 11) is -3.28. The fraction of sp³-hybridized carbons (Fsp3) is 0.429. The number of rotatable bonds is 4. The average molecular weight is 267 g/mol. The monoisotopic (exact) mass is 267 g/mol. The van der Waals surface area contributed by atoms with Crippen molar-refractivity contribution in [1.82, 2.24) is 5.32 Å².